The van der Waals surface area contributed by atoms with E-state index in [1.165, 1.54) is 16.5 Å². The first kappa shape index (κ1) is 13.9. The zero-order chi connectivity index (χ0) is 15.1. The number of carbonyl (C=O) groups is 1. The molecule has 1 saturated heterocycles. The third-order valence-electron chi connectivity index (χ3n) is 4.89. The predicted octanol–water partition coefficient (Wildman–Crippen LogP) is 1.35. The van der Waals surface area contributed by atoms with Crippen LogP contribution >= 0.6 is 0 Å². The van der Waals surface area contributed by atoms with Crippen LogP contribution in [0.3, 0.4) is 0 Å². The van der Waals surface area contributed by atoms with E-state index in [4.69, 9.17) is 4.74 Å². The molecule has 2 aliphatic rings. The first-order chi connectivity index (χ1) is 10.7. The number of hydrogen-bond acceptors (Lipinski definition) is 4. The second-order valence-electron chi connectivity index (χ2n) is 6.36. The number of fused-ring (bicyclic) bond motifs is 3. The summed E-state index contributed by atoms with van der Waals surface area (Å²) in [5, 5.41) is 11.1. The largest absolute Gasteiger partial charge is 0.390 e. The maximum Gasteiger partial charge on any atom is 0.166 e. The van der Waals surface area contributed by atoms with Gasteiger partial charge in [-0.15, -0.1) is 0 Å². The maximum atomic E-state index is 10.9. The first-order valence-corrected chi connectivity index (χ1v) is 7.81. The van der Waals surface area contributed by atoms with Crippen LogP contribution in [0.2, 0.25) is 0 Å². The zero-order valence-corrected chi connectivity index (χ0v) is 12.4. The van der Waals surface area contributed by atoms with Gasteiger partial charge in [-0.2, -0.15) is 0 Å². The fourth-order valence-electron chi connectivity index (χ4n) is 3.68. The van der Waals surface area contributed by atoms with Crippen LogP contribution in [0.15, 0.2) is 18.2 Å². The lowest BCUT2D eigenvalue weighted by molar-refractivity contribution is 0.103. The van der Waals surface area contributed by atoms with Crippen LogP contribution < -0.4 is 0 Å². The highest BCUT2D eigenvalue weighted by molar-refractivity contribution is 5.90. The van der Waals surface area contributed by atoms with E-state index in [-0.39, 0.29) is 12.0 Å². The molecule has 4 rings (SSSR count). The van der Waals surface area contributed by atoms with E-state index in [1.54, 1.807) is 0 Å². The summed E-state index contributed by atoms with van der Waals surface area (Å²) in [6.07, 6.45) is 1.51. The van der Waals surface area contributed by atoms with E-state index in [9.17, 15) is 9.90 Å². The van der Waals surface area contributed by atoms with Crippen molar-refractivity contribution in [2.75, 3.05) is 26.3 Å². The van der Waals surface area contributed by atoms with E-state index in [0.29, 0.717) is 18.9 Å². The van der Waals surface area contributed by atoms with Crippen molar-refractivity contribution >= 4 is 17.2 Å². The smallest absolute Gasteiger partial charge is 0.166 e. The average molecular weight is 300 g/mol. The molecule has 116 valence electrons. The molecular weight excluding hydrogens is 280 g/mol. The Labute approximate surface area is 128 Å². The highest BCUT2D eigenvalue weighted by Crippen LogP contribution is 2.29. The molecule has 1 aromatic carbocycles. The number of aldehydes is 1. The van der Waals surface area contributed by atoms with Crippen LogP contribution in [-0.4, -0.2) is 53.7 Å². The standard InChI is InChI=1S/C17H20N2O3/c20-8-13-5-15-14-3-4-19(7-12-9-22-10-17(12)21)6-11(14)1-2-16(15)18-13/h1-2,5,8,12,17-18,21H,3-4,6-7,9-10H2. The van der Waals surface area contributed by atoms with Crippen molar-refractivity contribution in [3.8, 4) is 0 Å². The van der Waals surface area contributed by atoms with Gasteiger partial charge >= 0.3 is 0 Å². The minimum Gasteiger partial charge on any atom is -0.390 e. The van der Waals surface area contributed by atoms with Crippen molar-refractivity contribution in [2.45, 2.75) is 19.1 Å². The lowest BCUT2D eigenvalue weighted by Crippen LogP contribution is -2.38. The topological polar surface area (TPSA) is 65.6 Å². The summed E-state index contributed by atoms with van der Waals surface area (Å²) >= 11 is 0. The van der Waals surface area contributed by atoms with Crippen molar-refractivity contribution in [1.29, 1.82) is 0 Å². The van der Waals surface area contributed by atoms with Gasteiger partial charge in [0.2, 0.25) is 0 Å². The van der Waals surface area contributed by atoms with Gasteiger partial charge in [-0.3, -0.25) is 9.69 Å². The molecule has 2 atom stereocenters. The normalized spacial score (nSPS) is 25.5. The van der Waals surface area contributed by atoms with Crippen molar-refractivity contribution in [1.82, 2.24) is 9.88 Å². The summed E-state index contributed by atoms with van der Waals surface area (Å²) in [7, 11) is 0. The molecule has 1 fully saturated rings. The summed E-state index contributed by atoms with van der Waals surface area (Å²) in [5.74, 6) is 0.221. The first-order valence-electron chi connectivity index (χ1n) is 7.81. The molecule has 0 bridgehead atoms. The van der Waals surface area contributed by atoms with E-state index in [1.807, 2.05) is 6.07 Å². The van der Waals surface area contributed by atoms with Crippen LogP contribution in [0, 0.1) is 5.92 Å². The number of rotatable bonds is 3. The molecular formula is C17H20N2O3. The Hall–Kier alpha value is -1.69. The van der Waals surface area contributed by atoms with Crippen molar-refractivity contribution in [3.05, 3.63) is 35.0 Å². The fourth-order valence-corrected chi connectivity index (χ4v) is 3.68. The van der Waals surface area contributed by atoms with Crippen LogP contribution in [0.5, 0.6) is 0 Å². The third-order valence-corrected chi connectivity index (χ3v) is 4.89. The Morgan fingerprint density at radius 3 is 3.09 bits per heavy atom. The molecule has 2 unspecified atom stereocenters. The molecule has 2 aliphatic heterocycles. The van der Waals surface area contributed by atoms with Crippen molar-refractivity contribution < 1.29 is 14.6 Å². The number of H-pyrrole nitrogens is 1. The average Bonchev–Trinajstić information content (AvgIpc) is 3.13. The molecule has 0 radical (unpaired) electrons. The van der Waals surface area contributed by atoms with E-state index in [2.05, 4.69) is 22.0 Å². The second-order valence-corrected chi connectivity index (χ2v) is 6.36. The summed E-state index contributed by atoms with van der Waals surface area (Å²) in [6.45, 7) is 3.88. The number of aromatic nitrogens is 1. The summed E-state index contributed by atoms with van der Waals surface area (Å²) in [6, 6.07) is 6.15. The third kappa shape index (κ3) is 2.35. The fraction of sp³-hybridized carbons (Fsp3) is 0.471. The Kier molecular flexibility index (Phi) is 3.48. The minimum absolute atomic E-state index is 0.221. The van der Waals surface area contributed by atoms with Gasteiger partial charge in [-0.25, -0.2) is 0 Å². The van der Waals surface area contributed by atoms with Gasteiger partial charge in [0, 0.05) is 36.5 Å². The highest BCUT2D eigenvalue weighted by Gasteiger charge is 2.29. The van der Waals surface area contributed by atoms with Crippen LogP contribution in [-0.2, 0) is 17.7 Å². The monoisotopic (exact) mass is 300 g/mol. The minimum atomic E-state index is -0.330. The quantitative estimate of drug-likeness (QED) is 0.840. The molecule has 22 heavy (non-hydrogen) atoms. The molecule has 5 nitrogen and oxygen atoms in total. The SMILES string of the molecule is O=Cc1cc2c3c(ccc2[nH]1)CN(CC1COCC1O)CC3. The molecule has 3 heterocycles. The molecule has 2 aromatic rings. The van der Waals surface area contributed by atoms with Gasteiger partial charge in [0.1, 0.15) is 0 Å². The van der Waals surface area contributed by atoms with Crippen molar-refractivity contribution in [2.24, 2.45) is 5.92 Å². The van der Waals surface area contributed by atoms with Crippen LogP contribution in [0.25, 0.3) is 10.9 Å². The van der Waals surface area contributed by atoms with E-state index < -0.39 is 0 Å². The molecule has 2 N–H and O–H groups in total. The van der Waals surface area contributed by atoms with Gasteiger partial charge in [-0.1, -0.05) is 6.07 Å². The van der Waals surface area contributed by atoms with Gasteiger partial charge in [0.05, 0.1) is 25.0 Å². The van der Waals surface area contributed by atoms with Gasteiger partial charge < -0.3 is 14.8 Å². The maximum absolute atomic E-state index is 10.9. The Morgan fingerprint density at radius 2 is 2.32 bits per heavy atom. The summed E-state index contributed by atoms with van der Waals surface area (Å²) < 4.78 is 5.34. The number of ether oxygens (including phenoxy) is 1. The second kappa shape index (κ2) is 5.50. The lowest BCUT2D eigenvalue weighted by atomic mass is 9.95. The number of carbonyl (C=O) groups excluding carboxylic acids is 1. The summed E-state index contributed by atoms with van der Waals surface area (Å²) in [4.78, 5) is 16.5. The Morgan fingerprint density at radius 1 is 1.41 bits per heavy atom. The molecule has 1 aromatic heterocycles. The van der Waals surface area contributed by atoms with Crippen LogP contribution in [0.1, 0.15) is 21.6 Å². The number of aliphatic hydroxyl groups excluding tert-OH is 1. The molecule has 0 spiro atoms. The van der Waals surface area contributed by atoms with E-state index in [0.717, 1.165) is 37.9 Å². The number of nitrogens with one attached hydrogen (secondary N) is 1. The molecule has 0 aliphatic carbocycles. The zero-order valence-electron chi connectivity index (χ0n) is 12.4. The van der Waals surface area contributed by atoms with Crippen LogP contribution in [0.4, 0.5) is 0 Å². The molecule has 0 saturated carbocycles. The number of nitrogens with zero attached hydrogens (tertiary/aromatic N) is 1. The number of aromatic amines is 1. The predicted molar refractivity (Wildman–Crippen MR) is 83.0 cm³/mol. The van der Waals surface area contributed by atoms with Gasteiger partial charge in [0.25, 0.3) is 0 Å². The Bertz CT molecular complexity index is 709. The Balaban J connectivity index is 1.57. The molecule has 0 amide bonds. The number of hydrogen-bond donors (Lipinski definition) is 2. The molecule has 5 heteroatoms. The van der Waals surface area contributed by atoms with E-state index >= 15 is 0 Å². The van der Waals surface area contributed by atoms with Crippen molar-refractivity contribution in [3.63, 3.8) is 0 Å². The van der Waals surface area contributed by atoms with Gasteiger partial charge in [0.15, 0.2) is 6.29 Å². The lowest BCUT2D eigenvalue weighted by Gasteiger charge is -2.31. The number of aliphatic hydroxyl groups is 1. The highest BCUT2D eigenvalue weighted by atomic mass is 16.5. The number of benzene rings is 1. The van der Waals surface area contributed by atoms with Gasteiger partial charge in [-0.05, 0) is 29.7 Å². The summed E-state index contributed by atoms with van der Waals surface area (Å²) in [5.41, 5.74) is 4.34.